The van der Waals surface area contributed by atoms with Gasteiger partial charge in [-0.2, -0.15) is 0 Å². The summed E-state index contributed by atoms with van der Waals surface area (Å²) in [7, 11) is 0. The van der Waals surface area contributed by atoms with Crippen molar-refractivity contribution in [2.75, 3.05) is 17.7 Å². The van der Waals surface area contributed by atoms with Crippen LogP contribution in [0.4, 0.5) is 5.69 Å². The van der Waals surface area contributed by atoms with Gasteiger partial charge in [-0.1, -0.05) is 48.2 Å². The molecule has 1 amide bonds. The molecule has 8 heteroatoms. The molecule has 2 aromatic carbocycles. The molecular formula is C19H21N5O2S. The minimum atomic E-state index is -0.0167. The molecule has 0 spiro atoms. The monoisotopic (exact) mass is 383 g/mol. The second-order valence-corrected chi connectivity index (χ2v) is 7.51. The number of amides is 1. The zero-order valence-corrected chi connectivity index (χ0v) is 15.7. The second-order valence-electron chi connectivity index (χ2n) is 6.45. The quantitative estimate of drug-likeness (QED) is 0.631. The normalized spacial score (nSPS) is 16.7. The van der Waals surface area contributed by atoms with Gasteiger partial charge in [0.05, 0.1) is 12.6 Å². The Morgan fingerprint density at radius 1 is 1.26 bits per heavy atom. The number of ether oxygens (including phenoxy) is 1. The Morgan fingerprint density at radius 2 is 2.15 bits per heavy atom. The van der Waals surface area contributed by atoms with E-state index < -0.39 is 0 Å². The zero-order chi connectivity index (χ0) is 18.5. The number of nitrogens with zero attached hydrogens (tertiary/aromatic N) is 4. The maximum Gasteiger partial charge on any atom is 0.225 e. The van der Waals surface area contributed by atoms with Gasteiger partial charge in [0.1, 0.15) is 0 Å². The van der Waals surface area contributed by atoms with Crippen LogP contribution in [0.5, 0.6) is 0 Å². The minimum Gasteiger partial charge on any atom is -0.376 e. The molecule has 1 saturated heterocycles. The molecule has 1 aromatic heterocycles. The molecule has 0 saturated carbocycles. The summed E-state index contributed by atoms with van der Waals surface area (Å²) in [4.78, 5) is 12.3. The fourth-order valence-electron chi connectivity index (χ4n) is 3.18. The molecule has 0 radical (unpaired) electrons. The predicted octanol–water partition coefficient (Wildman–Crippen LogP) is 3.13. The highest BCUT2D eigenvalue weighted by atomic mass is 32.2. The number of hydrogen-bond donors (Lipinski definition) is 1. The molecule has 2 heterocycles. The van der Waals surface area contributed by atoms with Crippen LogP contribution in [0.25, 0.3) is 10.8 Å². The van der Waals surface area contributed by atoms with Gasteiger partial charge in [0.15, 0.2) is 0 Å². The molecule has 1 aliphatic rings. The summed E-state index contributed by atoms with van der Waals surface area (Å²) in [5.74, 6) is 0.597. The van der Waals surface area contributed by atoms with E-state index in [0.717, 1.165) is 41.1 Å². The van der Waals surface area contributed by atoms with Gasteiger partial charge in [0.25, 0.3) is 0 Å². The first-order chi connectivity index (χ1) is 13.3. The van der Waals surface area contributed by atoms with E-state index in [1.807, 2.05) is 42.5 Å². The fourth-order valence-corrected chi connectivity index (χ4v) is 4.00. The number of tetrazole rings is 1. The fraction of sp³-hybridized carbons (Fsp3) is 0.368. The Bertz CT molecular complexity index is 918. The number of carbonyl (C=O) groups excluding carboxylic acids is 1. The topological polar surface area (TPSA) is 81.9 Å². The van der Waals surface area contributed by atoms with Crippen LogP contribution in [0, 0.1) is 0 Å². The molecule has 140 valence electrons. The highest BCUT2D eigenvalue weighted by Gasteiger charge is 2.19. The molecule has 1 unspecified atom stereocenters. The van der Waals surface area contributed by atoms with Crippen molar-refractivity contribution in [3.8, 4) is 0 Å². The van der Waals surface area contributed by atoms with Gasteiger partial charge in [-0.15, -0.1) is 5.10 Å². The first-order valence-corrected chi connectivity index (χ1v) is 10.1. The number of anilines is 1. The average molecular weight is 383 g/mol. The van der Waals surface area contributed by atoms with E-state index in [1.54, 1.807) is 4.68 Å². The lowest BCUT2D eigenvalue weighted by atomic mass is 10.1. The first-order valence-electron chi connectivity index (χ1n) is 9.08. The van der Waals surface area contributed by atoms with Gasteiger partial charge in [-0.05, 0) is 34.7 Å². The Balaban J connectivity index is 1.30. The number of thioether (sulfide) groups is 1. The lowest BCUT2D eigenvalue weighted by Crippen LogP contribution is -2.17. The van der Waals surface area contributed by atoms with Crippen LogP contribution in [0.15, 0.2) is 47.6 Å². The molecular weight excluding hydrogens is 362 g/mol. The molecule has 4 rings (SSSR count). The Hall–Kier alpha value is -2.45. The van der Waals surface area contributed by atoms with Crippen LogP contribution in [0.3, 0.4) is 0 Å². The summed E-state index contributed by atoms with van der Waals surface area (Å²) in [5, 5.41) is 17.7. The SMILES string of the molecule is O=C(CCSc1nnnn1CC1CCCO1)Nc1cccc2ccccc12. The van der Waals surface area contributed by atoms with E-state index in [-0.39, 0.29) is 12.0 Å². The Kier molecular flexibility index (Phi) is 5.64. The van der Waals surface area contributed by atoms with Gasteiger partial charge < -0.3 is 10.1 Å². The lowest BCUT2D eigenvalue weighted by Gasteiger charge is -2.10. The van der Waals surface area contributed by atoms with E-state index in [2.05, 4.69) is 20.8 Å². The van der Waals surface area contributed by atoms with Crippen LogP contribution >= 0.6 is 11.8 Å². The Labute approximate surface area is 161 Å². The third-order valence-electron chi connectivity index (χ3n) is 4.52. The van der Waals surface area contributed by atoms with Crippen molar-refractivity contribution in [2.24, 2.45) is 0 Å². The van der Waals surface area contributed by atoms with Crippen molar-refractivity contribution in [3.05, 3.63) is 42.5 Å². The van der Waals surface area contributed by atoms with E-state index >= 15 is 0 Å². The third kappa shape index (κ3) is 4.45. The molecule has 27 heavy (non-hydrogen) atoms. The van der Waals surface area contributed by atoms with Gasteiger partial charge in [0, 0.05) is 29.9 Å². The molecule has 1 atom stereocenters. The van der Waals surface area contributed by atoms with Crippen LogP contribution in [-0.4, -0.2) is 44.6 Å². The molecule has 0 aliphatic carbocycles. The third-order valence-corrected chi connectivity index (χ3v) is 5.48. The first kappa shape index (κ1) is 17.9. The van der Waals surface area contributed by atoms with E-state index in [4.69, 9.17) is 4.74 Å². The van der Waals surface area contributed by atoms with Crippen molar-refractivity contribution in [1.82, 2.24) is 20.2 Å². The van der Waals surface area contributed by atoms with Crippen molar-refractivity contribution in [3.63, 3.8) is 0 Å². The van der Waals surface area contributed by atoms with E-state index in [0.29, 0.717) is 18.7 Å². The maximum atomic E-state index is 12.3. The number of rotatable bonds is 7. The maximum absolute atomic E-state index is 12.3. The molecule has 7 nitrogen and oxygen atoms in total. The summed E-state index contributed by atoms with van der Waals surface area (Å²) in [5.41, 5.74) is 0.839. The van der Waals surface area contributed by atoms with Crippen LogP contribution in [0.1, 0.15) is 19.3 Å². The van der Waals surface area contributed by atoms with Crippen molar-refractivity contribution in [2.45, 2.75) is 37.1 Å². The molecule has 1 N–H and O–H groups in total. The molecule has 0 bridgehead atoms. The number of fused-ring (bicyclic) bond motifs is 1. The molecule has 1 fully saturated rings. The van der Waals surface area contributed by atoms with Crippen molar-refractivity contribution < 1.29 is 9.53 Å². The zero-order valence-electron chi connectivity index (χ0n) is 14.9. The predicted molar refractivity (Wildman–Crippen MR) is 105 cm³/mol. The summed E-state index contributed by atoms with van der Waals surface area (Å²) in [6, 6.07) is 13.9. The van der Waals surface area contributed by atoms with Crippen molar-refractivity contribution in [1.29, 1.82) is 0 Å². The number of aromatic nitrogens is 4. The highest BCUT2D eigenvalue weighted by molar-refractivity contribution is 7.99. The standard InChI is InChI=1S/C19H21N5O2S/c25-18(20-17-9-3-6-14-5-1-2-8-16(14)17)10-12-27-19-21-22-23-24(19)13-15-7-4-11-26-15/h1-3,5-6,8-9,15H,4,7,10-13H2,(H,20,25). The number of nitrogens with one attached hydrogen (secondary N) is 1. The summed E-state index contributed by atoms with van der Waals surface area (Å²) in [6.45, 7) is 1.47. The molecule has 1 aliphatic heterocycles. The number of carbonyl (C=O) groups is 1. The lowest BCUT2D eigenvalue weighted by molar-refractivity contribution is -0.115. The van der Waals surface area contributed by atoms with E-state index in [9.17, 15) is 4.79 Å². The largest absolute Gasteiger partial charge is 0.376 e. The van der Waals surface area contributed by atoms with Crippen LogP contribution in [-0.2, 0) is 16.1 Å². The average Bonchev–Trinajstić information content (AvgIpc) is 3.35. The van der Waals surface area contributed by atoms with Gasteiger partial charge in [-0.25, -0.2) is 4.68 Å². The van der Waals surface area contributed by atoms with Crippen LogP contribution < -0.4 is 5.32 Å². The van der Waals surface area contributed by atoms with Gasteiger partial charge >= 0.3 is 0 Å². The summed E-state index contributed by atoms with van der Waals surface area (Å²) < 4.78 is 7.40. The minimum absolute atomic E-state index is 0.0167. The highest BCUT2D eigenvalue weighted by Crippen LogP contribution is 2.24. The van der Waals surface area contributed by atoms with Crippen LogP contribution in [0.2, 0.25) is 0 Å². The van der Waals surface area contributed by atoms with Gasteiger partial charge in [-0.3, -0.25) is 4.79 Å². The summed E-state index contributed by atoms with van der Waals surface area (Å²) >= 11 is 1.49. The second kappa shape index (κ2) is 8.49. The van der Waals surface area contributed by atoms with E-state index in [1.165, 1.54) is 11.8 Å². The smallest absolute Gasteiger partial charge is 0.225 e. The van der Waals surface area contributed by atoms with Crippen molar-refractivity contribution >= 4 is 34.1 Å². The number of benzene rings is 2. The van der Waals surface area contributed by atoms with Gasteiger partial charge in [0.2, 0.25) is 11.1 Å². The molecule has 3 aromatic rings. The summed E-state index contributed by atoms with van der Waals surface area (Å²) in [6.07, 6.45) is 2.70. The number of hydrogen-bond acceptors (Lipinski definition) is 6. The Morgan fingerprint density at radius 3 is 3.04 bits per heavy atom.